The first-order chi connectivity index (χ1) is 3.77. The molecule has 0 amide bonds. The van der Waals surface area contributed by atoms with Crippen molar-refractivity contribution < 1.29 is 0 Å². The highest BCUT2D eigenvalue weighted by molar-refractivity contribution is 4.78. The van der Waals surface area contributed by atoms with Crippen molar-refractivity contribution in [3.63, 3.8) is 0 Å². The van der Waals surface area contributed by atoms with E-state index in [4.69, 9.17) is 0 Å². The molecule has 0 rings (SSSR count). The fourth-order valence-corrected chi connectivity index (χ4v) is 0.458. The first-order valence-corrected chi connectivity index (χ1v) is 3.09. The molecule has 0 heterocycles. The van der Waals surface area contributed by atoms with Crippen LogP contribution in [0.1, 0.15) is 20.3 Å². The van der Waals surface area contributed by atoms with Gasteiger partial charge in [0.15, 0.2) is 0 Å². The molecule has 8 heavy (non-hydrogen) atoms. The van der Waals surface area contributed by atoms with Gasteiger partial charge in [0.1, 0.15) is 0 Å². The molecule has 0 aliphatic rings. The Hall–Kier alpha value is -0.460. The van der Waals surface area contributed by atoms with Gasteiger partial charge in [-0.2, -0.15) is 0 Å². The standard InChI is InChI=1S/C7H15N/c1-7(2)5-4-6-8-3/h4,6-8H,5H2,1-3H3/b6-4-. The van der Waals surface area contributed by atoms with Crippen LogP contribution in [0.3, 0.4) is 0 Å². The fraction of sp³-hybridized carbons (Fsp3) is 0.714. The van der Waals surface area contributed by atoms with Gasteiger partial charge in [-0.25, -0.2) is 0 Å². The van der Waals surface area contributed by atoms with E-state index in [9.17, 15) is 0 Å². The lowest BCUT2D eigenvalue weighted by molar-refractivity contribution is 0.662. The predicted octanol–water partition coefficient (Wildman–Crippen LogP) is 1.77. The summed E-state index contributed by atoms with van der Waals surface area (Å²) < 4.78 is 0. The minimum atomic E-state index is 0.777. The van der Waals surface area contributed by atoms with Crippen LogP contribution in [0.25, 0.3) is 0 Å². The Bertz CT molecular complexity index is 64.8. The first kappa shape index (κ1) is 7.54. The van der Waals surface area contributed by atoms with Crippen LogP contribution in [0, 0.1) is 5.92 Å². The minimum Gasteiger partial charge on any atom is -0.394 e. The molecular weight excluding hydrogens is 98.1 g/mol. The van der Waals surface area contributed by atoms with Crippen molar-refractivity contribution in [2.24, 2.45) is 5.92 Å². The van der Waals surface area contributed by atoms with E-state index in [2.05, 4.69) is 25.2 Å². The number of nitrogens with one attached hydrogen (secondary N) is 1. The summed E-state index contributed by atoms with van der Waals surface area (Å²) in [5.74, 6) is 0.777. The van der Waals surface area contributed by atoms with E-state index in [1.807, 2.05) is 13.2 Å². The summed E-state index contributed by atoms with van der Waals surface area (Å²) in [6.45, 7) is 4.42. The normalized spacial score (nSPS) is 11.0. The summed E-state index contributed by atoms with van der Waals surface area (Å²) in [4.78, 5) is 0. The van der Waals surface area contributed by atoms with Gasteiger partial charge in [-0.1, -0.05) is 19.9 Å². The van der Waals surface area contributed by atoms with Gasteiger partial charge in [-0.15, -0.1) is 0 Å². The van der Waals surface area contributed by atoms with E-state index < -0.39 is 0 Å². The van der Waals surface area contributed by atoms with Crippen molar-refractivity contribution >= 4 is 0 Å². The third-order valence-corrected chi connectivity index (χ3v) is 0.892. The Morgan fingerprint density at radius 3 is 2.50 bits per heavy atom. The van der Waals surface area contributed by atoms with Crippen LogP contribution in [0.15, 0.2) is 12.3 Å². The average Bonchev–Trinajstić information content (AvgIpc) is 1.66. The largest absolute Gasteiger partial charge is 0.394 e. The van der Waals surface area contributed by atoms with Crippen LogP contribution in [0.4, 0.5) is 0 Å². The third-order valence-electron chi connectivity index (χ3n) is 0.892. The fourth-order valence-electron chi connectivity index (χ4n) is 0.458. The van der Waals surface area contributed by atoms with E-state index in [1.165, 1.54) is 6.42 Å². The second-order valence-electron chi connectivity index (χ2n) is 2.32. The quantitative estimate of drug-likeness (QED) is 0.588. The van der Waals surface area contributed by atoms with E-state index in [1.54, 1.807) is 0 Å². The SMILES string of the molecule is CN/C=C\CC(C)C. The average molecular weight is 113 g/mol. The van der Waals surface area contributed by atoms with Crippen molar-refractivity contribution in [2.45, 2.75) is 20.3 Å². The maximum Gasteiger partial charge on any atom is 0.00276 e. The lowest BCUT2D eigenvalue weighted by Crippen LogP contribution is -1.92. The van der Waals surface area contributed by atoms with Gasteiger partial charge >= 0.3 is 0 Å². The third kappa shape index (κ3) is 5.54. The molecule has 1 nitrogen and oxygen atoms in total. The van der Waals surface area contributed by atoms with Crippen LogP contribution >= 0.6 is 0 Å². The molecule has 0 fully saturated rings. The summed E-state index contributed by atoms with van der Waals surface area (Å²) in [5, 5.41) is 2.94. The molecule has 0 aliphatic carbocycles. The van der Waals surface area contributed by atoms with Crippen LogP contribution in [0.5, 0.6) is 0 Å². The van der Waals surface area contributed by atoms with Gasteiger partial charge in [-0.05, 0) is 18.5 Å². The van der Waals surface area contributed by atoms with Gasteiger partial charge in [0.05, 0.1) is 0 Å². The zero-order valence-electron chi connectivity index (χ0n) is 5.94. The van der Waals surface area contributed by atoms with Gasteiger partial charge in [0.25, 0.3) is 0 Å². The second kappa shape index (κ2) is 4.69. The molecule has 0 aromatic rings. The van der Waals surface area contributed by atoms with E-state index in [-0.39, 0.29) is 0 Å². The number of allylic oxidation sites excluding steroid dienone is 1. The molecule has 0 saturated heterocycles. The molecule has 0 atom stereocenters. The summed E-state index contributed by atoms with van der Waals surface area (Å²) in [7, 11) is 1.91. The molecule has 1 N–H and O–H groups in total. The van der Waals surface area contributed by atoms with Crippen LogP contribution in [-0.2, 0) is 0 Å². The monoisotopic (exact) mass is 113 g/mol. The molecule has 0 radical (unpaired) electrons. The molecule has 0 aromatic carbocycles. The smallest absolute Gasteiger partial charge is 0.00276 e. The number of hydrogen-bond donors (Lipinski definition) is 1. The highest BCUT2D eigenvalue weighted by atomic mass is 14.8. The topological polar surface area (TPSA) is 12.0 Å². The highest BCUT2D eigenvalue weighted by Crippen LogP contribution is 1.98. The molecule has 0 bridgehead atoms. The summed E-state index contributed by atoms with van der Waals surface area (Å²) in [5.41, 5.74) is 0. The molecule has 48 valence electrons. The van der Waals surface area contributed by atoms with Crippen molar-refractivity contribution in [1.82, 2.24) is 5.32 Å². The molecule has 1 heteroatoms. The number of hydrogen-bond acceptors (Lipinski definition) is 1. The van der Waals surface area contributed by atoms with Crippen molar-refractivity contribution in [3.8, 4) is 0 Å². The zero-order valence-corrected chi connectivity index (χ0v) is 5.94. The second-order valence-corrected chi connectivity index (χ2v) is 2.32. The maximum atomic E-state index is 2.94. The van der Waals surface area contributed by atoms with Crippen molar-refractivity contribution in [3.05, 3.63) is 12.3 Å². The molecule has 0 spiro atoms. The van der Waals surface area contributed by atoms with Crippen LogP contribution in [0.2, 0.25) is 0 Å². The van der Waals surface area contributed by atoms with Crippen LogP contribution in [-0.4, -0.2) is 7.05 Å². The zero-order chi connectivity index (χ0) is 6.41. The molecule has 0 saturated carbocycles. The lowest BCUT2D eigenvalue weighted by Gasteiger charge is -1.95. The van der Waals surface area contributed by atoms with Crippen molar-refractivity contribution in [1.29, 1.82) is 0 Å². The van der Waals surface area contributed by atoms with E-state index in [0.29, 0.717) is 0 Å². The molecular formula is C7H15N. The van der Waals surface area contributed by atoms with E-state index >= 15 is 0 Å². The Balaban J connectivity index is 3.03. The predicted molar refractivity (Wildman–Crippen MR) is 37.7 cm³/mol. The summed E-state index contributed by atoms with van der Waals surface area (Å²) in [6, 6.07) is 0. The molecule has 0 unspecified atom stereocenters. The van der Waals surface area contributed by atoms with E-state index in [0.717, 1.165) is 5.92 Å². The Morgan fingerprint density at radius 1 is 1.50 bits per heavy atom. The minimum absolute atomic E-state index is 0.777. The number of rotatable bonds is 3. The molecule has 0 aliphatic heterocycles. The maximum absolute atomic E-state index is 2.94. The Labute approximate surface area is 51.8 Å². The highest BCUT2D eigenvalue weighted by Gasteiger charge is 1.84. The first-order valence-electron chi connectivity index (χ1n) is 3.09. The summed E-state index contributed by atoms with van der Waals surface area (Å²) >= 11 is 0. The van der Waals surface area contributed by atoms with Gasteiger partial charge in [0.2, 0.25) is 0 Å². The Morgan fingerprint density at radius 2 is 2.12 bits per heavy atom. The van der Waals surface area contributed by atoms with Crippen molar-refractivity contribution in [2.75, 3.05) is 7.05 Å². The van der Waals surface area contributed by atoms with Gasteiger partial charge in [-0.3, -0.25) is 0 Å². The molecule has 0 aromatic heterocycles. The van der Waals surface area contributed by atoms with Gasteiger partial charge in [0, 0.05) is 7.05 Å². The lowest BCUT2D eigenvalue weighted by atomic mass is 10.1. The van der Waals surface area contributed by atoms with Crippen LogP contribution < -0.4 is 5.32 Å². The van der Waals surface area contributed by atoms with Gasteiger partial charge < -0.3 is 5.32 Å². The Kier molecular flexibility index (Phi) is 4.42. The summed E-state index contributed by atoms with van der Waals surface area (Å²) in [6.07, 6.45) is 5.28.